The molecule has 25 heavy (non-hydrogen) atoms. The van der Waals surface area contributed by atoms with E-state index >= 15 is 0 Å². The molecule has 0 bridgehead atoms. The van der Waals surface area contributed by atoms with Gasteiger partial charge in [0.2, 0.25) is 11.8 Å². The number of rotatable bonds is 3. The molecule has 4 rings (SSSR count). The van der Waals surface area contributed by atoms with Gasteiger partial charge in [-0.15, -0.1) is 10.2 Å². The maximum atomic E-state index is 6.51. The van der Waals surface area contributed by atoms with Crippen molar-refractivity contribution < 1.29 is 9.15 Å². The number of hydrogen-bond donors (Lipinski definition) is 0. The first-order valence-corrected chi connectivity index (χ1v) is 8.81. The second-order valence-electron chi connectivity index (χ2n) is 6.46. The van der Waals surface area contributed by atoms with Crippen LogP contribution in [0.5, 0.6) is 0 Å². The average molecular weight is 355 g/mol. The van der Waals surface area contributed by atoms with Gasteiger partial charge in [-0.1, -0.05) is 47.5 Å². The van der Waals surface area contributed by atoms with E-state index in [4.69, 9.17) is 20.8 Å². The predicted octanol–water partition coefficient (Wildman–Crippen LogP) is 4.79. The van der Waals surface area contributed by atoms with Gasteiger partial charge in [0.25, 0.3) is 0 Å². The Hall–Kier alpha value is -2.17. The zero-order valence-corrected chi connectivity index (χ0v) is 14.8. The maximum absolute atomic E-state index is 6.51. The van der Waals surface area contributed by atoms with Gasteiger partial charge < -0.3 is 9.15 Å². The van der Waals surface area contributed by atoms with Gasteiger partial charge in [0.1, 0.15) is 0 Å². The molecule has 0 atom stereocenters. The van der Waals surface area contributed by atoms with Crippen LogP contribution in [-0.4, -0.2) is 23.4 Å². The van der Waals surface area contributed by atoms with Gasteiger partial charge in [-0.25, -0.2) is 0 Å². The molecule has 0 spiro atoms. The summed E-state index contributed by atoms with van der Waals surface area (Å²) in [4.78, 5) is 0. The van der Waals surface area contributed by atoms with Crippen molar-refractivity contribution >= 4 is 11.6 Å². The summed E-state index contributed by atoms with van der Waals surface area (Å²) >= 11 is 6.51. The first-order chi connectivity index (χ1) is 12.2. The SMILES string of the molecule is Cc1cccc(-c2nnc(C3(c4ccccc4Cl)CCOCC3)o2)c1. The molecule has 0 unspecified atom stereocenters. The molecule has 5 heteroatoms. The van der Waals surface area contributed by atoms with Gasteiger partial charge in [-0.05, 0) is 43.5 Å². The van der Waals surface area contributed by atoms with E-state index in [9.17, 15) is 0 Å². The summed E-state index contributed by atoms with van der Waals surface area (Å²) in [5.74, 6) is 1.15. The summed E-state index contributed by atoms with van der Waals surface area (Å²) in [7, 11) is 0. The van der Waals surface area contributed by atoms with E-state index in [0.717, 1.165) is 34.6 Å². The molecule has 0 saturated carbocycles. The van der Waals surface area contributed by atoms with Crippen LogP contribution in [-0.2, 0) is 10.2 Å². The van der Waals surface area contributed by atoms with Crippen molar-refractivity contribution in [3.05, 3.63) is 70.6 Å². The summed E-state index contributed by atoms with van der Waals surface area (Å²) in [6.07, 6.45) is 1.54. The highest BCUT2D eigenvalue weighted by atomic mass is 35.5. The summed E-state index contributed by atoms with van der Waals surface area (Å²) < 4.78 is 11.7. The molecule has 4 nitrogen and oxygen atoms in total. The highest BCUT2D eigenvalue weighted by Crippen LogP contribution is 2.43. The molecule has 1 fully saturated rings. The van der Waals surface area contributed by atoms with Crippen molar-refractivity contribution in [2.45, 2.75) is 25.2 Å². The van der Waals surface area contributed by atoms with Crippen LogP contribution in [0, 0.1) is 6.92 Å². The second kappa shape index (κ2) is 6.62. The minimum Gasteiger partial charge on any atom is -0.420 e. The third-order valence-corrected chi connectivity index (χ3v) is 5.16. The molecule has 128 valence electrons. The highest BCUT2D eigenvalue weighted by molar-refractivity contribution is 6.31. The third kappa shape index (κ3) is 2.96. The number of halogens is 1. The topological polar surface area (TPSA) is 48.2 Å². The van der Waals surface area contributed by atoms with Crippen molar-refractivity contribution in [3.63, 3.8) is 0 Å². The number of aromatic nitrogens is 2. The quantitative estimate of drug-likeness (QED) is 0.678. The number of benzene rings is 2. The zero-order valence-electron chi connectivity index (χ0n) is 14.0. The number of hydrogen-bond acceptors (Lipinski definition) is 4. The normalized spacial score (nSPS) is 16.7. The molecule has 3 aromatic rings. The Balaban J connectivity index is 1.80. The van der Waals surface area contributed by atoms with Crippen molar-refractivity contribution in [2.24, 2.45) is 0 Å². The van der Waals surface area contributed by atoms with E-state index < -0.39 is 5.41 Å². The standard InChI is InChI=1S/C20H19ClN2O2/c1-14-5-4-6-15(13-14)18-22-23-19(25-18)20(9-11-24-12-10-20)16-7-2-3-8-17(16)21/h2-8,13H,9-12H2,1H3. The fourth-order valence-corrected chi connectivity index (χ4v) is 3.80. The molecule has 0 aliphatic carbocycles. The lowest BCUT2D eigenvalue weighted by Gasteiger charge is -2.35. The lowest BCUT2D eigenvalue weighted by molar-refractivity contribution is 0.0546. The minimum atomic E-state index is -0.397. The molecule has 1 saturated heterocycles. The van der Waals surface area contributed by atoms with E-state index in [1.54, 1.807) is 0 Å². The van der Waals surface area contributed by atoms with E-state index in [2.05, 4.69) is 10.2 Å². The third-order valence-electron chi connectivity index (χ3n) is 4.84. The zero-order chi connectivity index (χ0) is 17.3. The highest BCUT2D eigenvalue weighted by Gasteiger charge is 2.42. The van der Waals surface area contributed by atoms with E-state index in [-0.39, 0.29) is 0 Å². The van der Waals surface area contributed by atoms with Gasteiger partial charge in [0, 0.05) is 23.8 Å². The molecule has 1 aliphatic heterocycles. The molecule has 1 aromatic heterocycles. The first-order valence-electron chi connectivity index (χ1n) is 8.43. The average Bonchev–Trinajstić information content (AvgIpc) is 3.13. The van der Waals surface area contributed by atoms with Crippen molar-refractivity contribution in [3.8, 4) is 11.5 Å². The largest absolute Gasteiger partial charge is 0.420 e. The molecule has 2 aromatic carbocycles. The Labute approximate surface area is 151 Å². The van der Waals surface area contributed by atoms with Crippen molar-refractivity contribution in [1.29, 1.82) is 0 Å². The molecule has 0 radical (unpaired) electrons. The van der Waals surface area contributed by atoms with E-state index in [1.165, 1.54) is 0 Å². The molecule has 2 heterocycles. The fourth-order valence-electron chi connectivity index (χ4n) is 3.48. The van der Waals surface area contributed by atoms with Crippen molar-refractivity contribution in [1.82, 2.24) is 10.2 Å². The second-order valence-corrected chi connectivity index (χ2v) is 6.86. The van der Waals surface area contributed by atoms with Crippen LogP contribution in [0.15, 0.2) is 52.9 Å². The van der Waals surface area contributed by atoms with Crippen LogP contribution in [0.4, 0.5) is 0 Å². The Morgan fingerprint density at radius 2 is 1.80 bits per heavy atom. The minimum absolute atomic E-state index is 0.397. The lowest BCUT2D eigenvalue weighted by Crippen LogP contribution is -2.35. The summed E-state index contributed by atoms with van der Waals surface area (Å²) in [6.45, 7) is 3.34. The maximum Gasteiger partial charge on any atom is 0.247 e. The summed E-state index contributed by atoms with van der Waals surface area (Å²) in [5, 5.41) is 9.43. The van der Waals surface area contributed by atoms with E-state index in [1.807, 2.05) is 55.5 Å². The summed E-state index contributed by atoms with van der Waals surface area (Å²) in [5.41, 5.74) is 2.72. The van der Waals surface area contributed by atoms with Crippen LogP contribution >= 0.6 is 11.6 Å². The Kier molecular flexibility index (Phi) is 4.32. The van der Waals surface area contributed by atoms with Crippen LogP contribution < -0.4 is 0 Å². The monoisotopic (exact) mass is 354 g/mol. The van der Waals surface area contributed by atoms with Crippen molar-refractivity contribution in [2.75, 3.05) is 13.2 Å². The Morgan fingerprint density at radius 3 is 2.56 bits per heavy atom. The van der Waals surface area contributed by atoms with Crippen LogP contribution in [0.1, 0.15) is 29.9 Å². The first kappa shape index (κ1) is 16.3. The fraction of sp³-hybridized carbons (Fsp3) is 0.300. The van der Waals surface area contributed by atoms with Gasteiger partial charge in [0.15, 0.2) is 0 Å². The number of aryl methyl sites for hydroxylation is 1. The number of ether oxygens (including phenoxy) is 1. The van der Waals surface area contributed by atoms with Crippen LogP contribution in [0.25, 0.3) is 11.5 Å². The van der Waals surface area contributed by atoms with Gasteiger partial charge in [-0.3, -0.25) is 0 Å². The summed E-state index contributed by atoms with van der Waals surface area (Å²) in [6, 6.07) is 16.0. The van der Waals surface area contributed by atoms with Gasteiger partial charge >= 0.3 is 0 Å². The van der Waals surface area contributed by atoms with E-state index in [0.29, 0.717) is 25.0 Å². The molecular weight excluding hydrogens is 336 g/mol. The lowest BCUT2D eigenvalue weighted by atomic mass is 9.74. The van der Waals surface area contributed by atoms with Crippen LogP contribution in [0.3, 0.4) is 0 Å². The smallest absolute Gasteiger partial charge is 0.247 e. The Bertz CT molecular complexity index is 885. The molecule has 1 aliphatic rings. The van der Waals surface area contributed by atoms with Crippen LogP contribution in [0.2, 0.25) is 5.02 Å². The Morgan fingerprint density at radius 1 is 1.00 bits per heavy atom. The number of nitrogens with zero attached hydrogens (tertiary/aromatic N) is 2. The van der Waals surface area contributed by atoms with Gasteiger partial charge in [0.05, 0.1) is 5.41 Å². The molecule has 0 N–H and O–H groups in total. The molecule has 0 amide bonds. The molecular formula is C20H19ClN2O2. The predicted molar refractivity (Wildman–Crippen MR) is 96.8 cm³/mol. The van der Waals surface area contributed by atoms with Gasteiger partial charge in [-0.2, -0.15) is 0 Å².